The summed E-state index contributed by atoms with van der Waals surface area (Å²) in [6.45, 7) is 1.99. The first-order valence-electron chi connectivity index (χ1n) is 8.71. The predicted octanol–water partition coefficient (Wildman–Crippen LogP) is 3.92. The molecule has 0 amide bonds. The molecule has 8 heteroatoms. The maximum atomic E-state index is 12.4. The van der Waals surface area contributed by atoms with Crippen LogP contribution in [0.2, 0.25) is 0 Å². The van der Waals surface area contributed by atoms with Gasteiger partial charge in [0, 0.05) is 23.7 Å². The predicted molar refractivity (Wildman–Crippen MR) is 108 cm³/mol. The van der Waals surface area contributed by atoms with Gasteiger partial charge in [-0.05, 0) is 36.8 Å². The van der Waals surface area contributed by atoms with Crippen molar-refractivity contribution in [2.45, 2.75) is 13.5 Å². The number of nitrogens with zero attached hydrogens (tertiary/aromatic N) is 2. The van der Waals surface area contributed by atoms with Gasteiger partial charge in [-0.15, -0.1) is 0 Å². The minimum atomic E-state index is -3.36. The third kappa shape index (κ3) is 3.94. The van der Waals surface area contributed by atoms with Crippen molar-refractivity contribution >= 4 is 26.6 Å². The van der Waals surface area contributed by atoms with Crippen molar-refractivity contribution < 1.29 is 17.5 Å². The molecule has 28 heavy (non-hydrogen) atoms. The summed E-state index contributed by atoms with van der Waals surface area (Å²) >= 11 is 0. The number of anilines is 1. The zero-order valence-electron chi connectivity index (χ0n) is 15.6. The number of hydrogen-bond acceptors (Lipinski definition) is 4. The molecule has 1 aromatic heterocycles. The molecule has 0 aliphatic rings. The van der Waals surface area contributed by atoms with Crippen molar-refractivity contribution in [3.8, 4) is 23.1 Å². The van der Waals surface area contributed by atoms with Gasteiger partial charge in [-0.1, -0.05) is 12.1 Å². The van der Waals surface area contributed by atoms with Crippen LogP contribution < -0.4 is 9.46 Å². The summed E-state index contributed by atoms with van der Waals surface area (Å²) < 4.78 is 45.0. The molecule has 3 rings (SSSR count). The minimum Gasteiger partial charge on any atom is -0.491 e. The number of fused-ring (bicyclic) bond motifs is 1. The normalized spacial score (nSPS) is 11.4. The molecule has 146 valence electrons. The first-order chi connectivity index (χ1) is 13.4. The second kappa shape index (κ2) is 7.90. The van der Waals surface area contributed by atoms with Gasteiger partial charge >= 0.3 is 0 Å². The van der Waals surface area contributed by atoms with E-state index in [-0.39, 0.29) is 6.61 Å². The van der Waals surface area contributed by atoms with E-state index in [1.807, 2.05) is 11.5 Å². The summed E-state index contributed by atoms with van der Waals surface area (Å²) in [6, 6.07) is 14.5. The Morgan fingerprint density at radius 1 is 1.21 bits per heavy atom. The summed E-state index contributed by atoms with van der Waals surface area (Å²) in [6.07, 6.45) is 1.09. The van der Waals surface area contributed by atoms with E-state index < -0.39 is 16.7 Å². The molecule has 0 unspecified atom stereocenters. The van der Waals surface area contributed by atoms with Crippen molar-refractivity contribution in [3.05, 3.63) is 48.0 Å². The van der Waals surface area contributed by atoms with Gasteiger partial charge in [0.1, 0.15) is 25.1 Å². The number of nitrogens with one attached hydrogen (secondary N) is 1. The zero-order valence-corrected chi connectivity index (χ0v) is 16.4. The fourth-order valence-corrected chi connectivity index (χ4v) is 3.79. The Hall–Kier alpha value is -3.05. The number of hydrogen-bond donors (Lipinski definition) is 1. The van der Waals surface area contributed by atoms with Gasteiger partial charge in [0.15, 0.2) is 0 Å². The van der Waals surface area contributed by atoms with Crippen LogP contribution >= 0.6 is 0 Å². The Kier molecular flexibility index (Phi) is 5.56. The Labute approximate surface area is 163 Å². The standard InChI is InChI=1S/C20H20FN3O3S/c1-3-24-19-12-16(27-11-10-21)8-9-17(19)18(13-22)20(24)14-4-6-15(7-5-14)23-28(2,25)26/h4-9,12,23H,3,10-11H2,1-2H3. The fraction of sp³-hybridized carbons (Fsp3) is 0.250. The van der Waals surface area contributed by atoms with E-state index in [4.69, 9.17) is 4.74 Å². The molecular formula is C20H20FN3O3S. The minimum absolute atomic E-state index is 0.0227. The van der Waals surface area contributed by atoms with Crippen LogP contribution in [0.1, 0.15) is 12.5 Å². The number of halogens is 1. The van der Waals surface area contributed by atoms with Crippen LogP contribution in [0.25, 0.3) is 22.2 Å². The first kappa shape index (κ1) is 19.7. The Morgan fingerprint density at radius 3 is 2.50 bits per heavy atom. The third-order valence-corrected chi connectivity index (χ3v) is 4.88. The van der Waals surface area contributed by atoms with Crippen molar-refractivity contribution in [2.24, 2.45) is 0 Å². The van der Waals surface area contributed by atoms with Crippen LogP contribution in [-0.2, 0) is 16.6 Å². The molecule has 0 aliphatic carbocycles. The lowest BCUT2D eigenvalue weighted by molar-refractivity contribution is 0.273. The molecule has 6 nitrogen and oxygen atoms in total. The lowest BCUT2D eigenvalue weighted by Crippen LogP contribution is -2.09. The number of rotatable bonds is 7. The molecule has 0 bridgehead atoms. The van der Waals surface area contributed by atoms with E-state index in [0.717, 1.165) is 28.4 Å². The van der Waals surface area contributed by atoms with Crippen LogP contribution in [0.5, 0.6) is 5.75 Å². The molecule has 2 aromatic carbocycles. The molecule has 0 radical (unpaired) electrons. The number of aryl methyl sites for hydroxylation is 1. The molecule has 1 heterocycles. The number of aromatic nitrogens is 1. The largest absolute Gasteiger partial charge is 0.491 e. The summed E-state index contributed by atoms with van der Waals surface area (Å²) in [5.74, 6) is 0.543. The average molecular weight is 401 g/mol. The molecular weight excluding hydrogens is 381 g/mol. The van der Waals surface area contributed by atoms with Crippen LogP contribution in [0.3, 0.4) is 0 Å². The van der Waals surface area contributed by atoms with Gasteiger partial charge in [-0.25, -0.2) is 12.8 Å². The maximum absolute atomic E-state index is 12.4. The number of sulfonamides is 1. The Balaban J connectivity index is 2.13. The van der Waals surface area contributed by atoms with Crippen LogP contribution in [0.4, 0.5) is 10.1 Å². The van der Waals surface area contributed by atoms with Crippen molar-refractivity contribution in [3.63, 3.8) is 0 Å². The van der Waals surface area contributed by atoms with Gasteiger partial charge in [-0.3, -0.25) is 4.72 Å². The average Bonchev–Trinajstić information content (AvgIpc) is 2.98. The highest BCUT2D eigenvalue weighted by Crippen LogP contribution is 2.35. The summed E-state index contributed by atoms with van der Waals surface area (Å²) in [7, 11) is -3.36. The van der Waals surface area contributed by atoms with E-state index in [9.17, 15) is 18.1 Å². The highest BCUT2D eigenvalue weighted by molar-refractivity contribution is 7.92. The SMILES string of the molecule is CCn1c(-c2ccc(NS(C)(=O)=O)cc2)c(C#N)c2ccc(OCCF)cc21. The summed E-state index contributed by atoms with van der Waals surface area (Å²) in [5.41, 5.74) is 3.33. The van der Waals surface area contributed by atoms with E-state index in [1.54, 1.807) is 42.5 Å². The lowest BCUT2D eigenvalue weighted by atomic mass is 10.1. The topological polar surface area (TPSA) is 84.1 Å². The monoisotopic (exact) mass is 401 g/mol. The molecule has 0 atom stereocenters. The van der Waals surface area contributed by atoms with Crippen LogP contribution in [0.15, 0.2) is 42.5 Å². The molecule has 0 spiro atoms. The quantitative estimate of drug-likeness (QED) is 0.650. The Bertz CT molecular complexity index is 1150. The lowest BCUT2D eigenvalue weighted by Gasteiger charge is -2.10. The molecule has 0 saturated heterocycles. The molecule has 0 saturated carbocycles. The smallest absolute Gasteiger partial charge is 0.229 e. The van der Waals surface area contributed by atoms with Crippen LogP contribution in [0, 0.1) is 11.3 Å². The Morgan fingerprint density at radius 2 is 1.93 bits per heavy atom. The van der Waals surface area contributed by atoms with Crippen LogP contribution in [-0.4, -0.2) is 32.5 Å². The highest BCUT2D eigenvalue weighted by atomic mass is 32.2. The van der Waals surface area contributed by atoms with Gasteiger partial charge in [-0.2, -0.15) is 5.26 Å². The summed E-state index contributed by atoms with van der Waals surface area (Å²) in [5, 5.41) is 10.6. The van der Waals surface area contributed by atoms with Gasteiger partial charge in [0.05, 0.1) is 23.0 Å². The highest BCUT2D eigenvalue weighted by Gasteiger charge is 2.18. The zero-order chi connectivity index (χ0) is 20.3. The summed E-state index contributed by atoms with van der Waals surface area (Å²) in [4.78, 5) is 0. The van der Waals surface area contributed by atoms with E-state index in [1.165, 1.54) is 0 Å². The second-order valence-electron chi connectivity index (χ2n) is 6.25. The molecule has 0 fully saturated rings. The third-order valence-electron chi connectivity index (χ3n) is 4.27. The van der Waals surface area contributed by atoms with Gasteiger partial charge in [0.25, 0.3) is 0 Å². The van der Waals surface area contributed by atoms with Crippen molar-refractivity contribution in [1.82, 2.24) is 4.57 Å². The van der Waals surface area contributed by atoms with Crippen molar-refractivity contribution in [2.75, 3.05) is 24.3 Å². The number of nitriles is 1. The van der Waals surface area contributed by atoms with E-state index >= 15 is 0 Å². The molecule has 1 N–H and O–H groups in total. The number of ether oxygens (including phenoxy) is 1. The fourth-order valence-electron chi connectivity index (χ4n) is 3.23. The number of benzene rings is 2. The molecule has 3 aromatic rings. The number of alkyl halides is 1. The second-order valence-corrected chi connectivity index (χ2v) is 8.00. The maximum Gasteiger partial charge on any atom is 0.229 e. The first-order valence-corrected chi connectivity index (χ1v) is 10.6. The van der Waals surface area contributed by atoms with Gasteiger partial charge in [0.2, 0.25) is 10.0 Å². The van der Waals surface area contributed by atoms with E-state index in [0.29, 0.717) is 23.5 Å². The van der Waals surface area contributed by atoms with Crippen molar-refractivity contribution in [1.29, 1.82) is 5.26 Å². The van der Waals surface area contributed by atoms with Gasteiger partial charge < -0.3 is 9.30 Å². The van der Waals surface area contributed by atoms with E-state index in [2.05, 4.69) is 10.8 Å². The molecule has 0 aliphatic heterocycles.